The summed E-state index contributed by atoms with van der Waals surface area (Å²) < 4.78 is 46.0. The topological polar surface area (TPSA) is 64.2 Å². The molecule has 154 valence electrons. The number of fused-ring (bicyclic) bond motifs is 1. The summed E-state index contributed by atoms with van der Waals surface area (Å²) in [5.74, 6) is 1.48. The molecule has 9 heteroatoms. The quantitative estimate of drug-likeness (QED) is 0.647. The third-order valence-electron chi connectivity index (χ3n) is 5.20. The largest absolute Gasteiger partial charge is 0.446 e. The number of hydrogen-bond acceptors (Lipinski definition) is 5. The Morgan fingerprint density at radius 3 is 2.79 bits per heavy atom. The summed E-state index contributed by atoms with van der Waals surface area (Å²) >= 11 is 0. The average Bonchev–Trinajstić information content (AvgIpc) is 3.30. The van der Waals surface area contributed by atoms with E-state index >= 15 is 0 Å². The van der Waals surface area contributed by atoms with Gasteiger partial charge in [0, 0.05) is 19.9 Å². The first-order valence-electron chi connectivity index (χ1n) is 9.53. The van der Waals surface area contributed by atoms with Crippen molar-refractivity contribution in [1.29, 1.82) is 0 Å². The van der Waals surface area contributed by atoms with Gasteiger partial charge in [-0.25, -0.2) is 9.97 Å². The lowest BCUT2D eigenvalue weighted by Gasteiger charge is -2.26. The number of benzene rings is 1. The minimum Gasteiger partial charge on any atom is -0.446 e. The predicted octanol–water partition coefficient (Wildman–Crippen LogP) is 3.63. The van der Waals surface area contributed by atoms with Gasteiger partial charge in [-0.15, -0.1) is 0 Å². The zero-order chi connectivity index (χ0) is 20.6. The van der Waals surface area contributed by atoms with E-state index in [0.29, 0.717) is 30.8 Å². The summed E-state index contributed by atoms with van der Waals surface area (Å²) in [5, 5.41) is 0.196. The van der Waals surface area contributed by atoms with Gasteiger partial charge < -0.3 is 4.42 Å². The lowest BCUT2D eigenvalue weighted by atomic mass is 10.1. The molecule has 3 aromatic rings. The Bertz CT molecular complexity index is 1070. The van der Waals surface area contributed by atoms with Crippen LogP contribution in [0.3, 0.4) is 0 Å². The minimum absolute atomic E-state index is 0.178. The van der Waals surface area contributed by atoms with Crippen molar-refractivity contribution < 1.29 is 17.6 Å². The monoisotopic (exact) mass is 406 g/mol. The summed E-state index contributed by atoms with van der Waals surface area (Å²) in [6.07, 6.45) is -0.779. The molecule has 1 aromatic carbocycles. The molecule has 2 aromatic heterocycles. The zero-order valence-electron chi connectivity index (χ0n) is 15.9. The molecule has 1 aliphatic heterocycles. The standard InChI is InChI=1S/C20H21F3N4O2/c1-13-24-11-14(29-13)8-10-26-9-4-7-17(26)18-25-16-6-3-2-5-15(16)19(28)27(18)12-20(21,22)23/h2-3,5-6,11,17H,4,7-10,12H2,1H3. The van der Waals surface area contributed by atoms with Crippen LogP contribution in [0, 0.1) is 6.92 Å². The fraction of sp³-hybridized carbons (Fsp3) is 0.450. The van der Waals surface area contributed by atoms with Crippen molar-refractivity contribution in [3.05, 3.63) is 58.3 Å². The number of aryl methyl sites for hydroxylation is 1. The van der Waals surface area contributed by atoms with Crippen LogP contribution in [0.2, 0.25) is 0 Å². The molecule has 0 spiro atoms. The lowest BCUT2D eigenvalue weighted by Crippen LogP contribution is -2.36. The zero-order valence-corrected chi connectivity index (χ0v) is 15.9. The highest BCUT2D eigenvalue weighted by atomic mass is 19.4. The van der Waals surface area contributed by atoms with Crippen molar-refractivity contribution in [3.8, 4) is 0 Å². The number of nitrogens with zero attached hydrogens (tertiary/aromatic N) is 4. The van der Waals surface area contributed by atoms with E-state index in [4.69, 9.17) is 4.42 Å². The van der Waals surface area contributed by atoms with Gasteiger partial charge in [-0.1, -0.05) is 12.1 Å². The maximum atomic E-state index is 13.2. The van der Waals surface area contributed by atoms with Gasteiger partial charge in [0.05, 0.1) is 23.1 Å². The molecule has 0 amide bonds. The van der Waals surface area contributed by atoms with Gasteiger partial charge in [-0.3, -0.25) is 14.3 Å². The van der Waals surface area contributed by atoms with Crippen molar-refractivity contribution in [2.45, 2.75) is 44.9 Å². The second-order valence-corrected chi connectivity index (χ2v) is 7.28. The minimum atomic E-state index is -4.51. The fourth-order valence-electron chi connectivity index (χ4n) is 3.93. The van der Waals surface area contributed by atoms with E-state index in [-0.39, 0.29) is 17.3 Å². The molecule has 29 heavy (non-hydrogen) atoms. The van der Waals surface area contributed by atoms with Crippen LogP contribution < -0.4 is 5.56 Å². The summed E-state index contributed by atoms with van der Waals surface area (Å²) in [5.41, 5.74) is -0.232. The predicted molar refractivity (Wildman–Crippen MR) is 101 cm³/mol. The summed E-state index contributed by atoms with van der Waals surface area (Å²) in [7, 11) is 0. The Kier molecular flexibility index (Phi) is 5.16. The summed E-state index contributed by atoms with van der Waals surface area (Å²) in [6, 6.07) is 6.18. The van der Waals surface area contributed by atoms with E-state index in [1.807, 2.05) is 0 Å². The molecule has 3 heterocycles. The molecule has 6 nitrogen and oxygen atoms in total. The molecule has 1 saturated heterocycles. The van der Waals surface area contributed by atoms with Gasteiger partial charge in [0.15, 0.2) is 5.89 Å². The number of oxazole rings is 1. The third kappa shape index (κ3) is 4.19. The Morgan fingerprint density at radius 1 is 1.28 bits per heavy atom. The molecule has 0 saturated carbocycles. The van der Waals surface area contributed by atoms with Crippen LogP contribution in [0.1, 0.15) is 36.4 Å². The van der Waals surface area contributed by atoms with Crippen molar-refractivity contribution in [2.75, 3.05) is 13.1 Å². The van der Waals surface area contributed by atoms with E-state index in [1.165, 1.54) is 6.07 Å². The van der Waals surface area contributed by atoms with E-state index in [1.54, 1.807) is 31.3 Å². The van der Waals surface area contributed by atoms with E-state index in [9.17, 15) is 18.0 Å². The Hall–Kier alpha value is -2.68. The summed E-state index contributed by atoms with van der Waals surface area (Å²) in [6.45, 7) is 1.74. The highest BCUT2D eigenvalue weighted by molar-refractivity contribution is 5.77. The number of hydrogen-bond donors (Lipinski definition) is 0. The van der Waals surface area contributed by atoms with Gasteiger partial charge in [-0.2, -0.15) is 13.2 Å². The smallest absolute Gasteiger partial charge is 0.406 e. The van der Waals surface area contributed by atoms with Gasteiger partial charge in [-0.05, 0) is 31.5 Å². The number of para-hydroxylation sites is 1. The normalized spacial score (nSPS) is 18.0. The highest BCUT2D eigenvalue weighted by Gasteiger charge is 2.35. The van der Waals surface area contributed by atoms with Crippen molar-refractivity contribution in [2.24, 2.45) is 0 Å². The van der Waals surface area contributed by atoms with Crippen LogP contribution in [-0.2, 0) is 13.0 Å². The van der Waals surface area contributed by atoms with Crippen molar-refractivity contribution in [1.82, 2.24) is 19.4 Å². The van der Waals surface area contributed by atoms with Crippen molar-refractivity contribution >= 4 is 10.9 Å². The second kappa shape index (κ2) is 7.62. The molecule has 0 N–H and O–H groups in total. The molecule has 1 atom stereocenters. The third-order valence-corrected chi connectivity index (χ3v) is 5.20. The number of alkyl halides is 3. The first kappa shape index (κ1) is 19.6. The molecule has 1 aliphatic rings. The highest BCUT2D eigenvalue weighted by Crippen LogP contribution is 2.32. The summed E-state index contributed by atoms with van der Waals surface area (Å²) in [4.78, 5) is 23.5. The molecule has 0 bridgehead atoms. The van der Waals surface area contributed by atoms with Gasteiger partial charge in [0.1, 0.15) is 18.1 Å². The average molecular weight is 406 g/mol. The Morgan fingerprint density at radius 2 is 2.07 bits per heavy atom. The fourth-order valence-corrected chi connectivity index (χ4v) is 3.93. The first-order valence-corrected chi connectivity index (χ1v) is 9.53. The maximum Gasteiger partial charge on any atom is 0.406 e. The van der Waals surface area contributed by atoms with Crippen LogP contribution in [0.4, 0.5) is 13.2 Å². The van der Waals surface area contributed by atoms with Gasteiger partial charge in [0.2, 0.25) is 0 Å². The van der Waals surface area contributed by atoms with Crippen LogP contribution in [-0.4, -0.2) is 38.7 Å². The van der Waals surface area contributed by atoms with Crippen LogP contribution in [0.15, 0.2) is 39.7 Å². The molecule has 1 fully saturated rings. The molecule has 0 radical (unpaired) electrons. The van der Waals surface area contributed by atoms with E-state index < -0.39 is 18.3 Å². The SMILES string of the molecule is Cc1ncc(CCN2CCCC2c2nc3ccccc3c(=O)n2CC(F)(F)F)o1. The van der Waals surface area contributed by atoms with Gasteiger partial charge in [0.25, 0.3) is 5.56 Å². The molecule has 1 unspecified atom stereocenters. The van der Waals surface area contributed by atoms with Crippen LogP contribution in [0.25, 0.3) is 10.9 Å². The number of halogens is 3. The van der Waals surface area contributed by atoms with Crippen LogP contribution >= 0.6 is 0 Å². The number of aromatic nitrogens is 3. The molecule has 4 rings (SSSR count). The Balaban J connectivity index is 1.70. The van der Waals surface area contributed by atoms with E-state index in [2.05, 4.69) is 14.9 Å². The van der Waals surface area contributed by atoms with Crippen molar-refractivity contribution in [3.63, 3.8) is 0 Å². The van der Waals surface area contributed by atoms with E-state index in [0.717, 1.165) is 23.3 Å². The van der Waals surface area contributed by atoms with Gasteiger partial charge >= 0.3 is 6.18 Å². The molecular weight excluding hydrogens is 385 g/mol. The second-order valence-electron chi connectivity index (χ2n) is 7.28. The van der Waals surface area contributed by atoms with Crippen LogP contribution in [0.5, 0.6) is 0 Å². The first-order chi connectivity index (χ1) is 13.8. The lowest BCUT2D eigenvalue weighted by molar-refractivity contribution is -0.142. The number of rotatable bonds is 5. The Labute approximate surface area is 165 Å². The number of likely N-dealkylation sites (tertiary alicyclic amines) is 1. The molecular formula is C20H21F3N4O2. The molecule has 0 aliphatic carbocycles. The maximum absolute atomic E-state index is 13.2.